The second-order valence-corrected chi connectivity index (χ2v) is 5.44. The highest BCUT2D eigenvalue weighted by molar-refractivity contribution is 5.78. The first-order valence-corrected chi connectivity index (χ1v) is 7.73. The summed E-state index contributed by atoms with van der Waals surface area (Å²) in [6.45, 7) is 3.94. The van der Waals surface area contributed by atoms with E-state index in [0.29, 0.717) is 26.3 Å². The molecule has 1 aromatic carbocycles. The summed E-state index contributed by atoms with van der Waals surface area (Å²) in [5, 5.41) is 9.12. The highest BCUT2D eigenvalue weighted by atomic mass is 19.1. The predicted molar refractivity (Wildman–Crippen MR) is 81.0 cm³/mol. The zero-order valence-corrected chi connectivity index (χ0v) is 13.0. The molecule has 0 atom stereocenters. The van der Waals surface area contributed by atoms with Gasteiger partial charge in [-0.3, -0.25) is 9.69 Å². The quantitative estimate of drug-likeness (QED) is 0.799. The van der Waals surface area contributed by atoms with E-state index in [1.54, 1.807) is 0 Å². The average Bonchev–Trinajstić information content (AvgIpc) is 2.56. The molecule has 128 valence electrons. The fraction of sp³-hybridized carbons (Fsp3) is 0.562. The van der Waals surface area contributed by atoms with E-state index in [1.807, 2.05) is 0 Å². The summed E-state index contributed by atoms with van der Waals surface area (Å²) in [6, 6.07) is 3.54. The highest BCUT2D eigenvalue weighted by Crippen LogP contribution is 2.14. The van der Waals surface area contributed by atoms with Crippen molar-refractivity contribution in [1.29, 1.82) is 0 Å². The summed E-state index contributed by atoms with van der Waals surface area (Å²) in [7, 11) is 0. The van der Waals surface area contributed by atoms with E-state index >= 15 is 0 Å². The minimum atomic E-state index is -0.726. The first kappa shape index (κ1) is 17.8. The number of carbonyl (C=O) groups excluding carboxylic acids is 1. The Morgan fingerprint density at radius 3 is 2.48 bits per heavy atom. The molecule has 1 amide bonds. The Morgan fingerprint density at radius 1 is 1.22 bits per heavy atom. The summed E-state index contributed by atoms with van der Waals surface area (Å²) >= 11 is 0. The molecule has 1 heterocycles. The van der Waals surface area contributed by atoms with Gasteiger partial charge in [-0.25, -0.2) is 8.78 Å². The number of hydrogen-bond donors (Lipinski definition) is 1. The number of rotatable bonds is 7. The number of ether oxygens (including phenoxy) is 1. The minimum Gasteiger partial charge on any atom is -0.395 e. The van der Waals surface area contributed by atoms with Crippen molar-refractivity contribution in [3.05, 3.63) is 35.4 Å². The van der Waals surface area contributed by atoms with E-state index in [9.17, 15) is 13.6 Å². The Kier molecular flexibility index (Phi) is 6.88. The molecular formula is C16H22F2N2O3. The van der Waals surface area contributed by atoms with Crippen LogP contribution in [0, 0.1) is 11.6 Å². The Balaban J connectivity index is 1.94. The van der Waals surface area contributed by atoms with E-state index < -0.39 is 17.5 Å². The first-order chi connectivity index (χ1) is 11.1. The monoisotopic (exact) mass is 328 g/mol. The van der Waals surface area contributed by atoms with Gasteiger partial charge in [0.25, 0.3) is 0 Å². The van der Waals surface area contributed by atoms with Crippen LogP contribution in [0.3, 0.4) is 0 Å². The average molecular weight is 328 g/mol. The van der Waals surface area contributed by atoms with Gasteiger partial charge in [0.15, 0.2) is 0 Å². The molecule has 2 rings (SSSR count). The van der Waals surface area contributed by atoms with Crippen molar-refractivity contribution in [2.24, 2.45) is 0 Å². The van der Waals surface area contributed by atoms with Crippen LogP contribution in [0.15, 0.2) is 18.2 Å². The molecule has 0 unspecified atom stereocenters. The molecule has 0 saturated carbocycles. The third-order valence-corrected chi connectivity index (χ3v) is 3.90. The summed E-state index contributed by atoms with van der Waals surface area (Å²) in [5.41, 5.74) is -0.230. The van der Waals surface area contributed by atoms with Crippen molar-refractivity contribution in [3.8, 4) is 0 Å². The molecule has 0 radical (unpaired) electrons. The molecule has 7 heteroatoms. The molecule has 23 heavy (non-hydrogen) atoms. The standard InChI is InChI=1S/C16H22F2N2O3/c17-14-2-1-3-15(18)13(14)12-16(22)20(6-9-21)5-4-19-7-10-23-11-8-19/h1-3,21H,4-12H2. The number of benzene rings is 1. The first-order valence-electron chi connectivity index (χ1n) is 7.73. The SMILES string of the molecule is O=C(Cc1c(F)cccc1F)N(CCO)CCN1CCOCC1. The lowest BCUT2D eigenvalue weighted by molar-refractivity contribution is -0.131. The Hall–Kier alpha value is -1.57. The molecule has 1 aliphatic rings. The fourth-order valence-corrected chi connectivity index (χ4v) is 2.53. The third-order valence-electron chi connectivity index (χ3n) is 3.90. The van der Waals surface area contributed by atoms with Crippen LogP contribution in [0.1, 0.15) is 5.56 Å². The number of aliphatic hydroxyl groups is 1. The molecule has 1 N–H and O–H groups in total. The maximum Gasteiger partial charge on any atom is 0.227 e. The van der Waals surface area contributed by atoms with Gasteiger partial charge < -0.3 is 14.7 Å². The lowest BCUT2D eigenvalue weighted by atomic mass is 10.1. The minimum absolute atomic E-state index is 0.152. The van der Waals surface area contributed by atoms with Crippen molar-refractivity contribution >= 4 is 5.91 Å². The molecule has 0 bridgehead atoms. The molecule has 1 aliphatic heterocycles. The van der Waals surface area contributed by atoms with Crippen molar-refractivity contribution in [2.75, 3.05) is 52.5 Å². The summed E-state index contributed by atoms with van der Waals surface area (Å²) in [6.07, 6.45) is -0.346. The normalized spacial score (nSPS) is 15.6. The van der Waals surface area contributed by atoms with E-state index in [2.05, 4.69) is 4.90 Å². The molecule has 1 saturated heterocycles. The van der Waals surface area contributed by atoms with Gasteiger partial charge >= 0.3 is 0 Å². The number of aliphatic hydroxyl groups excluding tert-OH is 1. The van der Waals surface area contributed by atoms with E-state index in [1.165, 1.54) is 11.0 Å². The number of carbonyl (C=O) groups is 1. The van der Waals surface area contributed by atoms with Gasteiger partial charge in [-0.05, 0) is 12.1 Å². The zero-order valence-electron chi connectivity index (χ0n) is 13.0. The van der Waals surface area contributed by atoms with E-state index in [4.69, 9.17) is 9.84 Å². The molecule has 0 aromatic heterocycles. The summed E-state index contributed by atoms with van der Waals surface area (Å²) in [5.74, 6) is -1.85. The van der Waals surface area contributed by atoms with E-state index in [-0.39, 0.29) is 25.1 Å². The molecule has 1 aromatic rings. The van der Waals surface area contributed by atoms with Gasteiger partial charge in [0.05, 0.1) is 26.2 Å². The molecular weight excluding hydrogens is 306 g/mol. The van der Waals surface area contributed by atoms with Crippen molar-refractivity contribution in [1.82, 2.24) is 9.80 Å². The van der Waals surface area contributed by atoms with Crippen LogP contribution in [0.2, 0.25) is 0 Å². The van der Waals surface area contributed by atoms with Gasteiger partial charge in [0.1, 0.15) is 11.6 Å². The fourth-order valence-electron chi connectivity index (χ4n) is 2.53. The third kappa shape index (κ3) is 5.23. The summed E-state index contributed by atoms with van der Waals surface area (Å²) < 4.78 is 32.6. The van der Waals surface area contributed by atoms with Crippen molar-refractivity contribution in [3.63, 3.8) is 0 Å². The highest BCUT2D eigenvalue weighted by Gasteiger charge is 2.19. The number of nitrogens with zero attached hydrogens (tertiary/aromatic N) is 2. The van der Waals surface area contributed by atoms with Crippen molar-refractivity contribution in [2.45, 2.75) is 6.42 Å². The van der Waals surface area contributed by atoms with Gasteiger partial charge in [0.2, 0.25) is 5.91 Å². The smallest absolute Gasteiger partial charge is 0.227 e. The van der Waals surface area contributed by atoms with Gasteiger partial charge in [0, 0.05) is 38.3 Å². The lowest BCUT2D eigenvalue weighted by Crippen LogP contribution is -2.44. The van der Waals surface area contributed by atoms with Crippen molar-refractivity contribution < 1.29 is 23.4 Å². The number of hydrogen-bond acceptors (Lipinski definition) is 4. The largest absolute Gasteiger partial charge is 0.395 e. The van der Waals surface area contributed by atoms with Crippen LogP contribution in [0.4, 0.5) is 8.78 Å². The second kappa shape index (κ2) is 8.90. The second-order valence-electron chi connectivity index (χ2n) is 5.44. The number of halogens is 2. The predicted octanol–water partition coefficient (Wildman–Crippen LogP) is 0.660. The van der Waals surface area contributed by atoms with Crippen LogP contribution >= 0.6 is 0 Å². The van der Waals surface area contributed by atoms with Gasteiger partial charge in [-0.2, -0.15) is 0 Å². The van der Waals surface area contributed by atoms with Crippen LogP contribution in [0.25, 0.3) is 0 Å². The lowest BCUT2D eigenvalue weighted by Gasteiger charge is -2.30. The molecule has 5 nitrogen and oxygen atoms in total. The van der Waals surface area contributed by atoms with Crippen LogP contribution in [0.5, 0.6) is 0 Å². The number of morpholine rings is 1. The maximum absolute atomic E-state index is 13.7. The van der Waals surface area contributed by atoms with E-state index in [0.717, 1.165) is 25.2 Å². The zero-order chi connectivity index (χ0) is 16.7. The molecule has 0 aliphatic carbocycles. The Bertz CT molecular complexity index is 502. The maximum atomic E-state index is 13.7. The van der Waals surface area contributed by atoms with Gasteiger partial charge in [-0.15, -0.1) is 0 Å². The van der Waals surface area contributed by atoms with Crippen LogP contribution < -0.4 is 0 Å². The Labute approximate surface area is 134 Å². The Morgan fingerprint density at radius 2 is 1.87 bits per heavy atom. The van der Waals surface area contributed by atoms with Gasteiger partial charge in [-0.1, -0.05) is 6.07 Å². The molecule has 1 fully saturated rings. The molecule has 0 spiro atoms. The summed E-state index contributed by atoms with van der Waals surface area (Å²) in [4.78, 5) is 15.9. The number of amides is 1. The topological polar surface area (TPSA) is 53.0 Å². The van der Waals surface area contributed by atoms with Crippen LogP contribution in [-0.2, 0) is 16.0 Å². The van der Waals surface area contributed by atoms with Crippen LogP contribution in [-0.4, -0.2) is 73.4 Å².